The summed E-state index contributed by atoms with van der Waals surface area (Å²) in [6.07, 6.45) is -4.32. The van der Waals surface area contributed by atoms with Crippen molar-refractivity contribution in [3.05, 3.63) is 28.2 Å². The molecule has 0 spiro atoms. The van der Waals surface area contributed by atoms with Gasteiger partial charge in [-0.25, -0.2) is 0 Å². The first kappa shape index (κ1) is 15.6. The number of nitrogens with one attached hydrogen (secondary N) is 1. The Balaban J connectivity index is 2.38. The van der Waals surface area contributed by atoms with Gasteiger partial charge < -0.3 is 10.2 Å². The van der Waals surface area contributed by atoms with Crippen LogP contribution in [-0.4, -0.2) is 25.7 Å². The van der Waals surface area contributed by atoms with E-state index in [0.717, 1.165) is 25.7 Å². The van der Waals surface area contributed by atoms with Crippen molar-refractivity contribution in [2.24, 2.45) is 5.92 Å². The van der Waals surface area contributed by atoms with E-state index in [1.807, 2.05) is 0 Å². The Morgan fingerprint density at radius 3 is 2.60 bits per heavy atom. The summed E-state index contributed by atoms with van der Waals surface area (Å²) in [7, 11) is 0. The second-order valence-electron chi connectivity index (χ2n) is 5.40. The number of anilines is 1. The third kappa shape index (κ3) is 3.47. The van der Waals surface area contributed by atoms with Gasteiger partial charge in [0.15, 0.2) is 0 Å². The van der Waals surface area contributed by atoms with Crippen molar-refractivity contribution in [3.63, 3.8) is 0 Å². The lowest BCUT2D eigenvalue weighted by molar-refractivity contribution is -0.137. The quantitative estimate of drug-likeness (QED) is 0.869. The highest BCUT2D eigenvalue weighted by molar-refractivity contribution is 9.10. The normalized spacial score (nSPS) is 20.6. The predicted octanol–water partition coefficient (Wildman–Crippen LogP) is 3.90. The van der Waals surface area contributed by atoms with E-state index in [0.29, 0.717) is 16.1 Å². The molecule has 1 aliphatic rings. The van der Waals surface area contributed by atoms with Gasteiger partial charge in [0, 0.05) is 35.8 Å². The molecule has 0 radical (unpaired) electrons. The molecule has 20 heavy (non-hydrogen) atoms. The van der Waals surface area contributed by atoms with Gasteiger partial charge in [0.25, 0.3) is 0 Å². The fraction of sp³-hybridized carbons (Fsp3) is 0.571. The number of rotatable bonds is 2. The van der Waals surface area contributed by atoms with Crippen LogP contribution in [0.15, 0.2) is 22.7 Å². The molecule has 1 N–H and O–H groups in total. The van der Waals surface area contributed by atoms with Crippen LogP contribution in [-0.2, 0) is 6.18 Å². The molecular formula is C14H18BrF3N2. The van der Waals surface area contributed by atoms with Crippen LogP contribution in [0.2, 0.25) is 0 Å². The summed E-state index contributed by atoms with van der Waals surface area (Å²) in [5, 5.41) is 3.30. The maximum Gasteiger partial charge on any atom is 0.416 e. The molecule has 1 unspecified atom stereocenters. The second kappa shape index (κ2) is 5.93. The highest BCUT2D eigenvalue weighted by Crippen LogP contribution is 2.35. The number of hydrogen-bond donors (Lipinski definition) is 1. The highest BCUT2D eigenvalue weighted by atomic mass is 79.9. The topological polar surface area (TPSA) is 15.3 Å². The Morgan fingerprint density at radius 2 is 2.00 bits per heavy atom. The molecule has 0 aromatic heterocycles. The minimum atomic E-state index is -4.32. The Hall–Kier alpha value is -0.750. The average Bonchev–Trinajstić information content (AvgIpc) is 2.37. The van der Waals surface area contributed by atoms with Gasteiger partial charge in [-0.2, -0.15) is 13.2 Å². The smallest absolute Gasteiger partial charge is 0.366 e. The van der Waals surface area contributed by atoms with E-state index >= 15 is 0 Å². The molecule has 2 rings (SSSR count). The molecule has 1 heterocycles. The first-order chi connectivity index (χ1) is 9.29. The second-order valence-corrected chi connectivity index (χ2v) is 6.32. The molecule has 1 aromatic rings. The zero-order chi connectivity index (χ0) is 14.9. The number of alkyl halides is 3. The number of nitrogens with zero attached hydrogens (tertiary/aromatic N) is 1. The van der Waals surface area contributed by atoms with Crippen LogP contribution >= 0.6 is 15.9 Å². The molecule has 6 heteroatoms. The summed E-state index contributed by atoms with van der Waals surface area (Å²) in [6.45, 7) is 6.49. The predicted molar refractivity (Wildman–Crippen MR) is 78.0 cm³/mol. The third-order valence-corrected chi connectivity index (χ3v) is 4.05. The molecule has 2 nitrogen and oxygen atoms in total. The van der Waals surface area contributed by atoms with Crippen molar-refractivity contribution in [3.8, 4) is 0 Å². The molecule has 0 aliphatic carbocycles. The lowest BCUT2D eigenvalue weighted by Gasteiger charge is -2.40. The number of piperazine rings is 1. The van der Waals surface area contributed by atoms with Crippen LogP contribution in [0.1, 0.15) is 19.4 Å². The largest absolute Gasteiger partial charge is 0.416 e. The fourth-order valence-electron chi connectivity index (χ4n) is 2.55. The van der Waals surface area contributed by atoms with Crippen LogP contribution in [0.25, 0.3) is 0 Å². The molecule has 112 valence electrons. The monoisotopic (exact) mass is 350 g/mol. The van der Waals surface area contributed by atoms with E-state index in [9.17, 15) is 13.2 Å². The van der Waals surface area contributed by atoms with Gasteiger partial charge in [0.1, 0.15) is 0 Å². The third-order valence-electron chi connectivity index (χ3n) is 3.59. The van der Waals surface area contributed by atoms with Crippen molar-refractivity contribution in [2.75, 3.05) is 24.5 Å². The molecule has 0 amide bonds. The van der Waals surface area contributed by atoms with Crippen LogP contribution in [0.3, 0.4) is 0 Å². The Morgan fingerprint density at radius 1 is 1.30 bits per heavy atom. The Labute approximate surface area is 125 Å². The Bertz CT molecular complexity index is 474. The molecule has 1 aliphatic heterocycles. The molecular weight excluding hydrogens is 333 g/mol. The minimum Gasteiger partial charge on any atom is -0.366 e. The molecule has 1 fully saturated rings. The molecule has 0 bridgehead atoms. The van der Waals surface area contributed by atoms with Gasteiger partial charge in [-0.3, -0.25) is 0 Å². The molecule has 1 atom stereocenters. The summed E-state index contributed by atoms with van der Waals surface area (Å²) >= 11 is 3.19. The van der Waals surface area contributed by atoms with Crippen molar-refractivity contribution in [2.45, 2.75) is 26.1 Å². The summed E-state index contributed by atoms with van der Waals surface area (Å²) in [5.41, 5.74) is 0.0230. The zero-order valence-corrected chi connectivity index (χ0v) is 13.1. The van der Waals surface area contributed by atoms with E-state index in [2.05, 4.69) is 40.0 Å². The number of benzene rings is 1. The van der Waals surface area contributed by atoms with Crippen LogP contribution in [0, 0.1) is 5.92 Å². The van der Waals surface area contributed by atoms with Crippen LogP contribution < -0.4 is 10.2 Å². The van der Waals surface area contributed by atoms with Gasteiger partial charge in [-0.15, -0.1) is 0 Å². The summed E-state index contributed by atoms with van der Waals surface area (Å²) in [5.74, 6) is 0.371. The van der Waals surface area contributed by atoms with Gasteiger partial charge in [0.05, 0.1) is 5.56 Å². The van der Waals surface area contributed by atoms with Crippen molar-refractivity contribution in [1.29, 1.82) is 0 Å². The zero-order valence-electron chi connectivity index (χ0n) is 11.5. The SMILES string of the molecule is CC(C)C1CNCCN1c1cc(Br)cc(C(F)(F)F)c1. The van der Waals surface area contributed by atoms with Crippen molar-refractivity contribution >= 4 is 21.6 Å². The molecule has 1 saturated heterocycles. The Kier molecular flexibility index (Phi) is 4.64. The standard InChI is InChI=1S/C14H18BrF3N2/c1-9(2)13-8-19-3-4-20(13)12-6-10(14(16,17)18)5-11(15)7-12/h5-7,9,13,19H,3-4,8H2,1-2H3. The van der Waals surface area contributed by atoms with E-state index in [4.69, 9.17) is 0 Å². The number of hydrogen-bond acceptors (Lipinski definition) is 2. The van der Waals surface area contributed by atoms with Gasteiger partial charge >= 0.3 is 6.18 Å². The maximum atomic E-state index is 12.9. The summed E-state index contributed by atoms with van der Waals surface area (Å²) < 4.78 is 39.2. The van der Waals surface area contributed by atoms with E-state index in [1.165, 1.54) is 6.07 Å². The fourth-order valence-corrected chi connectivity index (χ4v) is 3.03. The lowest BCUT2D eigenvalue weighted by atomic mass is 9.99. The molecule has 1 aromatic carbocycles. The molecule has 0 saturated carbocycles. The van der Waals surface area contributed by atoms with E-state index in [-0.39, 0.29) is 6.04 Å². The van der Waals surface area contributed by atoms with Crippen molar-refractivity contribution < 1.29 is 13.2 Å². The van der Waals surface area contributed by atoms with Crippen LogP contribution in [0.5, 0.6) is 0 Å². The van der Waals surface area contributed by atoms with Gasteiger partial charge in [-0.1, -0.05) is 29.8 Å². The summed E-state index contributed by atoms with van der Waals surface area (Å²) in [6, 6.07) is 4.33. The van der Waals surface area contributed by atoms with E-state index in [1.54, 1.807) is 6.07 Å². The average molecular weight is 351 g/mol. The van der Waals surface area contributed by atoms with E-state index < -0.39 is 11.7 Å². The minimum absolute atomic E-state index is 0.208. The first-order valence-electron chi connectivity index (χ1n) is 6.64. The van der Waals surface area contributed by atoms with Crippen molar-refractivity contribution in [1.82, 2.24) is 5.32 Å². The van der Waals surface area contributed by atoms with Crippen LogP contribution in [0.4, 0.5) is 18.9 Å². The number of halogens is 4. The summed E-state index contributed by atoms with van der Waals surface area (Å²) in [4.78, 5) is 2.07. The van der Waals surface area contributed by atoms with Gasteiger partial charge in [0.2, 0.25) is 0 Å². The highest BCUT2D eigenvalue weighted by Gasteiger charge is 2.33. The van der Waals surface area contributed by atoms with Gasteiger partial charge in [-0.05, 0) is 24.1 Å². The lowest BCUT2D eigenvalue weighted by Crippen LogP contribution is -2.53. The maximum absolute atomic E-state index is 12.9. The first-order valence-corrected chi connectivity index (χ1v) is 7.43.